The van der Waals surface area contributed by atoms with Gasteiger partial charge < -0.3 is 9.80 Å². The summed E-state index contributed by atoms with van der Waals surface area (Å²) < 4.78 is 15.0. The lowest BCUT2D eigenvalue weighted by Gasteiger charge is -2.36. The maximum atomic E-state index is 13.1. The van der Waals surface area contributed by atoms with Crippen molar-refractivity contribution < 1.29 is 9.18 Å². The lowest BCUT2D eigenvalue weighted by molar-refractivity contribution is -0.128. The molecule has 8 heteroatoms. The normalized spacial score (nSPS) is 14.3. The molecule has 1 aliphatic rings. The second-order valence-corrected chi connectivity index (χ2v) is 8.81. The van der Waals surface area contributed by atoms with Crippen LogP contribution in [-0.4, -0.2) is 57.5 Å². The van der Waals surface area contributed by atoms with Crippen molar-refractivity contribution in [2.45, 2.75) is 24.9 Å². The summed E-state index contributed by atoms with van der Waals surface area (Å²) in [5.74, 6) is 0.649. The molecule has 0 saturated carbocycles. The fraction of sp³-hybridized carbons (Fsp3) is 0.348. The first-order valence-electron chi connectivity index (χ1n) is 10.4. The largest absolute Gasteiger partial charge is 0.368 e. The van der Waals surface area contributed by atoms with Crippen LogP contribution in [0.4, 0.5) is 10.1 Å². The van der Waals surface area contributed by atoms with E-state index in [4.69, 9.17) is 0 Å². The molecule has 0 unspecified atom stereocenters. The maximum absolute atomic E-state index is 13.1. The van der Waals surface area contributed by atoms with Gasteiger partial charge in [0.15, 0.2) is 5.16 Å². The SMILES string of the molecule is CC(C)c1ccc(-n2cnnc2SCC(=O)N2CCN(c3ccc(F)cc3)CC2)cc1. The number of anilines is 1. The van der Waals surface area contributed by atoms with Crippen molar-refractivity contribution >= 4 is 23.4 Å². The van der Waals surface area contributed by atoms with Gasteiger partial charge in [-0.3, -0.25) is 9.36 Å². The number of rotatable bonds is 6. The van der Waals surface area contributed by atoms with E-state index in [0.29, 0.717) is 29.9 Å². The van der Waals surface area contributed by atoms with Crippen molar-refractivity contribution in [3.63, 3.8) is 0 Å². The molecule has 31 heavy (non-hydrogen) atoms. The standard InChI is InChI=1S/C23H26FN5OS/c1-17(2)18-3-7-21(8-4-18)29-16-25-26-23(29)31-15-22(30)28-13-11-27(12-14-28)20-9-5-19(24)6-10-20/h3-10,16-17H,11-15H2,1-2H3. The minimum atomic E-state index is -0.238. The van der Waals surface area contributed by atoms with Crippen molar-refractivity contribution in [1.29, 1.82) is 0 Å². The molecule has 1 aliphatic heterocycles. The molecule has 1 amide bonds. The Morgan fingerprint density at radius 1 is 1.00 bits per heavy atom. The van der Waals surface area contributed by atoms with Crippen LogP contribution in [0.3, 0.4) is 0 Å². The highest BCUT2D eigenvalue weighted by Crippen LogP contribution is 2.23. The van der Waals surface area contributed by atoms with E-state index in [1.165, 1.54) is 29.5 Å². The molecular formula is C23H26FN5OS. The number of carbonyl (C=O) groups is 1. The van der Waals surface area contributed by atoms with E-state index in [1.54, 1.807) is 18.5 Å². The first-order chi connectivity index (χ1) is 15.0. The number of carbonyl (C=O) groups excluding carboxylic acids is 1. The van der Waals surface area contributed by atoms with Gasteiger partial charge in [0.25, 0.3) is 0 Å². The van der Waals surface area contributed by atoms with E-state index in [0.717, 1.165) is 24.5 Å². The van der Waals surface area contributed by atoms with Gasteiger partial charge in [-0.1, -0.05) is 37.7 Å². The molecule has 1 saturated heterocycles. The van der Waals surface area contributed by atoms with E-state index in [9.17, 15) is 9.18 Å². The van der Waals surface area contributed by atoms with Crippen LogP contribution in [0.25, 0.3) is 5.69 Å². The third kappa shape index (κ3) is 5.07. The number of hydrogen-bond acceptors (Lipinski definition) is 5. The lowest BCUT2D eigenvalue weighted by Crippen LogP contribution is -2.49. The molecular weight excluding hydrogens is 413 g/mol. The maximum Gasteiger partial charge on any atom is 0.233 e. The Balaban J connectivity index is 1.32. The minimum Gasteiger partial charge on any atom is -0.368 e. The Kier molecular flexibility index (Phi) is 6.56. The summed E-state index contributed by atoms with van der Waals surface area (Å²) in [6.07, 6.45) is 1.68. The van der Waals surface area contributed by atoms with Crippen molar-refractivity contribution in [1.82, 2.24) is 19.7 Å². The van der Waals surface area contributed by atoms with Gasteiger partial charge in [-0.15, -0.1) is 10.2 Å². The topological polar surface area (TPSA) is 54.3 Å². The minimum absolute atomic E-state index is 0.0912. The van der Waals surface area contributed by atoms with Crippen LogP contribution in [0, 0.1) is 5.82 Å². The van der Waals surface area contributed by atoms with Crippen molar-refractivity contribution in [2.75, 3.05) is 36.8 Å². The average Bonchev–Trinajstić information content (AvgIpc) is 3.27. The average molecular weight is 440 g/mol. The van der Waals surface area contributed by atoms with Gasteiger partial charge in [0.1, 0.15) is 12.1 Å². The first kappa shape index (κ1) is 21.4. The molecule has 2 heterocycles. The summed E-state index contributed by atoms with van der Waals surface area (Å²) in [5, 5.41) is 8.93. The first-order valence-corrected chi connectivity index (χ1v) is 11.4. The van der Waals surface area contributed by atoms with Crippen molar-refractivity contribution in [3.05, 3.63) is 66.2 Å². The third-order valence-electron chi connectivity index (χ3n) is 5.50. The highest BCUT2D eigenvalue weighted by Gasteiger charge is 2.22. The molecule has 0 spiro atoms. The number of piperazine rings is 1. The summed E-state index contributed by atoms with van der Waals surface area (Å²) in [5.41, 5.74) is 3.25. The van der Waals surface area contributed by atoms with Gasteiger partial charge in [-0.25, -0.2) is 4.39 Å². The molecule has 3 aromatic rings. The van der Waals surface area contributed by atoms with Crippen LogP contribution in [-0.2, 0) is 4.79 Å². The quantitative estimate of drug-likeness (QED) is 0.544. The fourth-order valence-electron chi connectivity index (χ4n) is 3.60. The molecule has 0 atom stereocenters. The van der Waals surface area contributed by atoms with E-state index in [2.05, 4.69) is 53.2 Å². The lowest BCUT2D eigenvalue weighted by atomic mass is 10.0. The summed E-state index contributed by atoms with van der Waals surface area (Å²) >= 11 is 1.40. The van der Waals surface area contributed by atoms with Crippen molar-refractivity contribution in [3.8, 4) is 5.69 Å². The predicted molar refractivity (Wildman–Crippen MR) is 121 cm³/mol. The predicted octanol–water partition coefficient (Wildman–Crippen LogP) is 3.97. The number of nitrogens with zero attached hydrogens (tertiary/aromatic N) is 5. The molecule has 162 valence electrons. The Labute approximate surface area is 186 Å². The van der Waals surface area contributed by atoms with E-state index in [1.807, 2.05) is 9.47 Å². The van der Waals surface area contributed by atoms with Crippen molar-refractivity contribution in [2.24, 2.45) is 0 Å². The van der Waals surface area contributed by atoms with E-state index in [-0.39, 0.29) is 11.7 Å². The number of thioether (sulfide) groups is 1. The molecule has 2 aromatic carbocycles. The summed E-state index contributed by atoms with van der Waals surface area (Å²) in [6.45, 7) is 7.11. The van der Waals surface area contributed by atoms with Crippen LogP contribution in [0.2, 0.25) is 0 Å². The molecule has 4 rings (SSSR count). The third-order valence-corrected chi connectivity index (χ3v) is 6.43. The van der Waals surface area contributed by atoms with Crippen LogP contribution in [0.1, 0.15) is 25.3 Å². The number of hydrogen-bond donors (Lipinski definition) is 0. The number of amides is 1. The van der Waals surface area contributed by atoms with Gasteiger partial charge in [0.2, 0.25) is 5.91 Å². The summed E-state index contributed by atoms with van der Waals surface area (Å²) in [4.78, 5) is 16.8. The van der Waals surface area contributed by atoms with Crippen LogP contribution < -0.4 is 4.90 Å². The summed E-state index contributed by atoms with van der Waals surface area (Å²) in [7, 11) is 0. The van der Waals surface area contributed by atoms with Gasteiger partial charge in [-0.05, 0) is 47.9 Å². The zero-order valence-corrected chi connectivity index (χ0v) is 18.6. The zero-order valence-electron chi connectivity index (χ0n) is 17.7. The van der Waals surface area contributed by atoms with Gasteiger partial charge in [-0.2, -0.15) is 0 Å². The molecule has 6 nitrogen and oxygen atoms in total. The van der Waals surface area contributed by atoms with Crippen LogP contribution >= 0.6 is 11.8 Å². The summed E-state index contributed by atoms with van der Waals surface area (Å²) in [6, 6.07) is 14.8. The van der Waals surface area contributed by atoms with Gasteiger partial charge in [0.05, 0.1) is 5.75 Å². The molecule has 0 radical (unpaired) electrons. The monoisotopic (exact) mass is 439 g/mol. The Hall–Kier alpha value is -2.87. The van der Waals surface area contributed by atoms with Crippen LogP contribution in [0.15, 0.2) is 60.0 Å². The highest BCUT2D eigenvalue weighted by atomic mass is 32.2. The molecule has 0 N–H and O–H groups in total. The smallest absolute Gasteiger partial charge is 0.233 e. The Bertz CT molecular complexity index is 1010. The Morgan fingerprint density at radius 3 is 2.29 bits per heavy atom. The number of benzene rings is 2. The van der Waals surface area contributed by atoms with E-state index >= 15 is 0 Å². The van der Waals surface area contributed by atoms with E-state index < -0.39 is 0 Å². The second-order valence-electron chi connectivity index (χ2n) is 7.86. The zero-order chi connectivity index (χ0) is 21.8. The Morgan fingerprint density at radius 2 is 1.65 bits per heavy atom. The number of halogens is 1. The molecule has 0 aliphatic carbocycles. The number of aromatic nitrogens is 3. The highest BCUT2D eigenvalue weighted by molar-refractivity contribution is 7.99. The molecule has 1 fully saturated rings. The fourth-order valence-corrected chi connectivity index (χ4v) is 4.43. The van der Waals surface area contributed by atoms with Gasteiger partial charge >= 0.3 is 0 Å². The molecule has 0 bridgehead atoms. The second kappa shape index (κ2) is 9.51. The van der Waals surface area contributed by atoms with Gasteiger partial charge in [0, 0.05) is 37.6 Å². The molecule has 1 aromatic heterocycles. The van der Waals surface area contributed by atoms with Crippen LogP contribution in [0.5, 0.6) is 0 Å².